The van der Waals surface area contributed by atoms with Crippen LogP contribution in [-0.2, 0) is 38.4 Å². The first-order chi connectivity index (χ1) is 30.1. The summed E-state index contributed by atoms with van der Waals surface area (Å²) < 4.78 is 0. The third-order valence-corrected chi connectivity index (χ3v) is 11.6. The molecule has 19 heteroatoms. The second kappa shape index (κ2) is 25.5. The second-order valence-corrected chi connectivity index (χ2v) is 23.5. The van der Waals surface area contributed by atoms with E-state index < -0.39 is 55.2 Å². The normalized spacial score (nSPS) is 12.9. The zero-order chi connectivity index (χ0) is 52.5. The van der Waals surface area contributed by atoms with Gasteiger partial charge in [-0.2, -0.15) is 0 Å². The van der Waals surface area contributed by atoms with E-state index in [9.17, 15) is 48.5 Å². The number of nitrogens with zero attached hydrogens (tertiary/aromatic N) is 1. The Morgan fingerprint density at radius 1 is 0.328 bits per heavy atom. The Labute approximate surface area is 399 Å². The highest BCUT2D eigenvalue weighted by molar-refractivity contribution is 5.81. The number of carbonyl (C=O) groups is 8. The van der Waals surface area contributed by atoms with Gasteiger partial charge in [0.15, 0.2) is 0 Å². The molecule has 0 aromatic heterocycles. The van der Waals surface area contributed by atoms with Crippen molar-refractivity contribution in [2.45, 2.75) is 258 Å². The van der Waals surface area contributed by atoms with Gasteiger partial charge in [0.2, 0.25) is 46.9 Å². The lowest BCUT2D eigenvalue weighted by atomic mass is 9.93. The highest BCUT2D eigenvalue weighted by atomic mass is 16.6. The van der Waals surface area contributed by atoms with Crippen LogP contribution in [0.2, 0.25) is 0 Å². The summed E-state index contributed by atoms with van der Waals surface area (Å²) in [6, 6.07) is 0. The van der Waals surface area contributed by atoms with Gasteiger partial charge in [-0.25, -0.2) is 0 Å². The van der Waals surface area contributed by atoms with Crippen molar-refractivity contribution in [3.8, 4) is 0 Å². The van der Waals surface area contributed by atoms with Crippen LogP contribution in [0.15, 0.2) is 0 Å². The average Bonchev–Trinajstić information content (AvgIpc) is 3.14. The predicted octanol–water partition coefficient (Wildman–Crippen LogP) is 5.63. The average molecular weight is 953 g/mol. The van der Waals surface area contributed by atoms with Crippen molar-refractivity contribution in [3.05, 3.63) is 10.1 Å². The van der Waals surface area contributed by atoms with Gasteiger partial charge < -0.3 is 42.3 Å². The third kappa shape index (κ3) is 30.2. The van der Waals surface area contributed by atoms with Gasteiger partial charge in [-0.3, -0.25) is 48.5 Å². The topological polar surface area (TPSA) is 284 Å². The van der Waals surface area contributed by atoms with Crippen LogP contribution < -0.4 is 37.2 Å². The SMILES string of the molecule is CC(C)(CCC(=O)O)NC(=O)CCC(C)(C)NC(=O)CCC(C)(C)NC(=O)CCC(C)(C)NC(=O)CCC(C)(C)NC(=O)CCC(C)(C)NC(=O)CCC(C)(C)NC(=O)CCC(C)(C)[N+](=O)[O-]. The number of hydrogen-bond acceptors (Lipinski definition) is 10. The first-order valence-corrected chi connectivity index (χ1v) is 23.6. The molecule has 0 aliphatic carbocycles. The lowest BCUT2D eigenvalue weighted by molar-refractivity contribution is -0.561. The fourth-order valence-electron chi connectivity index (χ4n) is 7.00. The van der Waals surface area contributed by atoms with Crippen LogP contribution >= 0.6 is 0 Å². The van der Waals surface area contributed by atoms with Crippen LogP contribution in [0, 0.1) is 10.1 Å². The number of carboxylic acid groups (broad SMARTS) is 1. The molecule has 0 radical (unpaired) electrons. The first kappa shape index (κ1) is 62.2. The highest BCUT2D eigenvalue weighted by Gasteiger charge is 2.33. The van der Waals surface area contributed by atoms with E-state index in [-0.39, 0.29) is 99.1 Å². The summed E-state index contributed by atoms with van der Waals surface area (Å²) in [5.74, 6) is -2.63. The Hall–Kier alpha value is -4.84. The fourth-order valence-corrected chi connectivity index (χ4v) is 7.00. The molecule has 0 saturated carbocycles. The third-order valence-electron chi connectivity index (χ3n) is 11.6. The van der Waals surface area contributed by atoms with E-state index in [1.807, 2.05) is 69.2 Å². The lowest BCUT2D eigenvalue weighted by Gasteiger charge is -2.31. The second-order valence-electron chi connectivity index (χ2n) is 23.5. The maximum atomic E-state index is 13.0. The van der Waals surface area contributed by atoms with E-state index in [1.54, 1.807) is 27.7 Å². The van der Waals surface area contributed by atoms with E-state index in [1.165, 1.54) is 13.8 Å². The number of rotatable bonds is 32. The summed E-state index contributed by atoms with van der Waals surface area (Å²) in [6.45, 7) is 28.3. The monoisotopic (exact) mass is 953 g/mol. The molecule has 0 heterocycles. The number of aliphatic carboxylic acids is 1. The maximum Gasteiger partial charge on any atom is 0.303 e. The number of nitro groups is 1. The van der Waals surface area contributed by atoms with E-state index >= 15 is 0 Å². The van der Waals surface area contributed by atoms with Gasteiger partial charge in [0, 0.05) is 115 Å². The van der Waals surface area contributed by atoms with Crippen molar-refractivity contribution in [1.82, 2.24) is 37.2 Å². The Morgan fingerprint density at radius 2 is 0.478 bits per heavy atom. The van der Waals surface area contributed by atoms with Gasteiger partial charge in [-0.15, -0.1) is 0 Å². The van der Waals surface area contributed by atoms with E-state index in [2.05, 4.69) is 37.2 Å². The molecule has 0 aromatic carbocycles. The van der Waals surface area contributed by atoms with E-state index in [0.717, 1.165) is 0 Å². The summed E-state index contributed by atoms with van der Waals surface area (Å²) in [5, 5.41) is 40.7. The van der Waals surface area contributed by atoms with Crippen LogP contribution in [0.25, 0.3) is 0 Å². The van der Waals surface area contributed by atoms with Crippen molar-refractivity contribution in [3.63, 3.8) is 0 Å². The van der Waals surface area contributed by atoms with Gasteiger partial charge in [0.1, 0.15) is 0 Å². The molecule has 0 atom stereocenters. The summed E-state index contributed by atoms with van der Waals surface area (Å²) >= 11 is 0. The molecular formula is C48H88N8O11. The van der Waals surface area contributed by atoms with Crippen LogP contribution in [0.3, 0.4) is 0 Å². The number of hydrogen-bond donors (Lipinski definition) is 8. The number of carboxylic acids is 1. The van der Waals surface area contributed by atoms with Crippen molar-refractivity contribution < 1.29 is 48.4 Å². The molecular weight excluding hydrogens is 865 g/mol. The number of carbonyl (C=O) groups excluding carboxylic acids is 7. The molecule has 19 nitrogen and oxygen atoms in total. The maximum absolute atomic E-state index is 13.0. The molecule has 7 amide bonds. The summed E-state index contributed by atoms with van der Waals surface area (Å²) in [7, 11) is 0. The van der Waals surface area contributed by atoms with Gasteiger partial charge in [-0.05, 0) is 142 Å². The van der Waals surface area contributed by atoms with Crippen LogP contribution in [0.4, 0.5) is 0 Å². The molecule has 0 spiro atoms. The van der Waals surface area contributed by atoms with Crippen LogP contribution in [0.5, 0.6) is 0 Å². The van der Waals surface area contributed by atoms with E-state index in [4.69, 9.17) is 5.11 Å². The van der Waals surface area contributed by atoms with Gasteiger partial charge in [0.25, 0.3) is 0 Å². The highest BCUT2D eigenvalue weighted by Crippen LogP contribution is 2.21. The number of amides is 7. The lowest BCUT2D eigenvalue weighted by Crippen LogP contribution is -2.49. The summed E-state index contributed by atoms with van der Waals surface area (Å²) in [6.07, 6.45) is 3.24. The zero-order valence-electron chi connectivity index (χ0n) is 43.8. The Bertz CT molecular complexity index is 1750. The molecule has 0 unspecified atom stereocenters. The summed E-state index contributed by atoms with van der Waals surface area (Å²) in [5.41, 5.74) is -6.10. The summed E-state index contributed by atoms with van der Waals surface area (Å²) in [4.78, 5) is 111. The standard InChI is InChI=1S/C48H88N8O11/c1-41(2,25-18-34(58)50-43(5,6)27-20-36(60)52-45(9,10)29-22-38(62)54-47(13,14)31-24-40(64)65)49-33(57)17-26-42(3,4)51-35(59)19-28-44(7,8)53-37(61)21-30-46(11,12)55-39(63)23-32-48(15,16)56(66)67/h17-32H2,1-16H3,(H,49,57)(H,50,58)(H,51,59)(H,52,60)(H,53,61)(H,54,62)(H,55,63)(H,64,65). The van der Waals surface area contributed by atoms with Crippen molar-refractivity contribution in [2.75, 3.05) is 0 Å². The molecule has 0 aliphatic heterocycles. The van der Waals surface area contributed by atoms with Crippen molar-refractivity contribution in [1.29, 1.82) is 0 Å². The van der Waals surface area contributed by atoms with E-state index in [0.29, 0.717) is 44.9 Å². The molecule has 67 heavy (non-hydrogen) atoms. The Morgan fingerprint density at radius 3 is 0.627 bits per heavy atom. The molecule has 0 fully saturated rings. The predicted molar refractivity (Wildman–Crippen MR) is 258 cm³/mol. The van der Waals surface area contributed by atoms with Crippen LogP contribution in [-0.4, -0.2) is 102 Å². The number of nitrogens with one attached hydrogen (secondary N) is 7. The van der Waals surface area contributed by atoms with Gasteiger partial charge >= 0.3 is 5.97 Å². The Kier molecular flexibility index (Phi) is 23.7. The first-order valence-electron chi connectivity index (χ1n) is 23.6. The minimum Gasteiger partial charge on any atom is -0.481 e. The van der Waals surface area contributed by atoms with Crippen LogP contribution in [0.1, 0.15) is 214 Å². The molecule has 386 valence electrons. The minimum atomic E-state index is -1.22. The molecule has 0 aromatic rings. The van der Waals surface area contributed by atoms with Crippen molar-refractivity contribution in [2.24, 2.45) is 0 Å². The molecule has 8 N–H and O–H groups in total. The Balaban J connectivity index is 4.75. The van der Waals surface area contributed by atoms with Gasteiger partial charge in [-0.1, -0.05) is 0 Å². The van der Waals surface area contributed by atoms with Gasteiger partial charge in [0.05, 0.1) is 0 Å². The quantitative estimate of drug-likeness (QED) is 0.0302. The molecule has 0 aliphatic rings. The largest absolute Gasteiger partial charge is 0.481 e. The molecule has 0 saturated heterocycles. The fraction of sp³-hybridized carbons (Fsp3) is 0.833. The zero-order valence-corrected chi connectivity index (χ0v) is 43.8. The minimum absolute atomic E-state index is 0.00826. The molecule has 0 rings (SSSR count). The smallest absolute Gasteiger partial charge is 0.303 e. The molecule has 0 bridgehead atoms. The van der Waals surface area contributed by atoms with Crippen molar-refractivity contribution >= 4 is 47.3 Å².